The number of pyridine rings is 1. The lowest BCUT2D eigenvalue weighted by molar-refractivity contribution is 0.0674. The molecule has 0 aromatic carbocycles. The summed E-state index contributed by atoms with van der Waals surface area (Å²) in [7, 11) is 0. The lowest BCUT2D eigenvalue weighted by Gasteiger charge is -2.29. The smallest absolute Gasteiger partial charge is 0.274 e. The highest BCUT2D eigenvalue weighted by Crippen LogP contribution is 2.31. The molecule has 0 unspecified atom stereocenters. The lowest BCUT2D eigenvalue weighted by Crippen LogP contribution is -2.35. The largest absolute Gasteiger partial charge is 0.330 e. The number of aromatic nitrogens is 3. The Bertz CT molecular complexity index is 650. The first-order chi connectivity index (χ1) is 11.2. The fourth-order valence-corrected chi connectivity index (χ4v) is 3.17. The quantitative estimate of drug-likeness (QED) is 0.940. The molecule has 23 heavy (non-hydrogen) atoms. The molecule has 1 saturated heterocycles. The van der Waals surface area contributed by atoms with E-state index in [4.69, 9.17) is 0 Å². The van der Waals surface area contributed by atoms with E-state index >= 15 is 0 Å². The molecule has 122 valence electrons. The van der Waals surface area contributed by atoms with Gasteiger partial charge in [0.15, 0.2) is 0 Å². The topological polar surface area (TPSA) is 61.9 Å². The minimum Gasteiger partial charge on any atom is -0.330 e. The molecule has 5 heteroatoms. The molecular formula is C18H24N4O. The van der Waals surface area contributed by atoms with Crippen molar-refractivity contribution in [3.8, 4) is 0 Å². The number of hydrogen-bond acceptors (Lipinski definition) is 3. The van der Waals surface area contributed by atoms with Crippen LogP contribution in [0.1, 0.15) is 73.2 Å². The number of amides is 1. The standard InChI is InChI=1S/C18H24N4O/c1-13(2)15-12-16(21-20-15)18(23)22-11-5-3-4-6-17(22)14-7-9-19-10-8-14/h7-10,12-13,17H,3-6,11H2,1-2H3,(H,20,21)/t17-/m0/s1. The van der Waals surface area contributed by atoms with Gasteiger partial charge in [-0.2, -0.15) is 5.10 Å². The molecule has 0 spiro atoms. The monoisotopic (exact) mass is 312 g/mol. The van der Waals surface area contributed by atoms with Gasteiger partial charge < -0.3 is 4.90 Å². The maximum Gasteiger partial charge on any atom is 0.274 e. The lowest BCUT2D eigenvalue weighted by atomic mass is 10.0. The highest BCUT2D eigenvalue weighted by Gasteiger charge is 2.29. The number of nitrogens with one attached hydrogen (secondary N) is 1. The summed E-state index contributed by atoms with van der Waals surface area (Å²) in [6, 6.07) is 6.04. The number of likely N-dealkylation sites (tertiary alicyclic amines) is 1. The predicted molar refractivity (Wildman–Crippen MR) is 89.2 cm³/mol. The van der Waals surface area contributed by atoms with Gasteiger partial charge in [-0.1, -0.05) is 26.7 Å². The zero-order chi connectivity index (χ0) is 16.2. The van der Waals surface area contributed by atoms with Crippen LogP contribution < -0.4 is 0 Å². The summed E-state index contributed by atoms with van der Waals surface area (Å²) in [4.78, 5) is 19.1. The van der Waals surface area contributed by atoms with E-state index in [2.05, 4.69) is 29.0 Å². The molecule has 5 nitrogen and oxygen atoms in total. The van der Waals surface area contributed by atoms with Crippen molar-refractivity contribution in [1.29, 1.82) is 0 Å². The molecule has 1 aliphatic heterocycles. The number of rotatable bonds is 3. The SMILES string of the molecule is CC(C)c1cc(C(=O)N2CCCCC[C@H]2c2ccncc2)n[nH]1. The Labute approximate surface area is 137 Å². The fourth-order valence-electron chi connectivity index (χ4n) is 3.17. The van der Waals surface area contributed by atoms with Gasteiger partial charge in [0.2, 0.25) is 0 Å². The number of nitrogens with zero attached hydrogens (tertiary/aromatic N) is 3. The molecule has 1 atom stereocenters. The minimum atomic E-state index is 0.0249. The molecule has 1 N–H and O–H groups in total. The normalized spacial score (nSPS) is 18.9. The zero-order valence-electron chi connectivity index (χ0n) is 13.8. The van der Waals surface area contributed by atoms with Gasteiger partial charge >= 0.3 is 0 Å². The number of carbonyl (C=O) groups excluding carboxylic acids is 1. The van der Waals surface area contributed by atoms with Crippen LogP contribution in [0.25, 0.3) is 0 Å². The molecule has 3 rings (SSSR count). The number of carbonyl (C=O) groups is 1. The molecule has 1 amide bonds. The molecule has 2 aromatic heterocycles. The van der Waals surface area contributed by atoms with Crippen molar-refractivity contribution in [3.05, 3.63) is 47.5 Å². The summed E-state index contributed by atoms with van der Waals surface area (Å²) >= 11 is 0. The summed E-state index contributed by atoms with van der Waals surface area (Å²) in [5.74, 6) is 0.362. The second kappa shape index (κ2) is 6.94. The Hall–Kier alpha value is -2.17. The first-order valence-electron chi connectivity index (χ1n) is 8.43. The van der Waals surface area contributed by atoms with Crippen molar-refractivity contribution in [3.63, 3.8) is 0 Å². The maximum absolute atomic E-state index is 13.0. The second-order valence-electron chi connectivity index (χ2n) is 6.51. The molecule has 0 bridgehead atoms. The van der Waals surface area contributed by atoms with Crippen LogP contribution in [0.2, 0.25) is 0 Å². The third-order valence-electron chi connectivity index (χ3n) is 4.54. The Morgan fingerprint density at radius 1 is 1.26 bits per heavy atom. The van der Waals surface area contributed by atoms with Gasteiger partial charge in [-0.25, -0.2) is 0 Å². The van der Waals surface area contributed by atoms with Crippen LogP contribution in [0, 0.1) is 0 Å². The van der Waals surface area contributed by atoms with Crippen LogP contribution in [0.4, 0.5) is 0 Å². The Morgan fingerprint density at radius 3 is 2.74 bits per heavy atom. The van der Waals surface area contributed by atoms with E-state index in [0.717, 1.165) is 37.1 Å². The zero-order valence-corrected chi connectivity index (χ0v) is 13.8. The summed E-state index contributed by atoms with van der Waals surface area (Å²) in [6.45, 7) is 4.97. The summed E-state index contributed by atoms with van der Waals surface area (Å²) in [6.07, 6.45) is 7.96. The van der Waals surface area contributed by atoms with Crippen LogP contribution in [0.15, 0.2) is 30.6 Å². The number of hydrogen-bond donors (Lipinski definition) is 1. The third-order valence-corrected chi connectivity index (χ3v) is 4.54. The van der Waals surface area contributed by atoms with Gasteiger partial charge in [0.25, 0.3) is 5.91 Å². The van der Waals surface area contributed by atoms with Crippen LogP contribution in [-0.4, -0.2) is 32.5 Å². The van der Waals surface area contributed by atoms with E-state index in [9.17, 15) is 4.79 Å². The van der Waals surface area contributed by atoms with Crippen molar-refractivity contribution in [1.82, 2.24) is 20.1 Å². The minimum absolute atomic E-state index is 0.0249. The van der Waals surface area contributed by atoms with Gasteiger partial charge in [-0.3, -0.25) is 14.9 Å². The van der Waals surface area contributed by atoms with Crippen LogP contribution >= 0.6 is 0 Å². The molecule has 0 radical (unpaired) electrons. The predicted octanol–water partition coefficient (Wildman–Crippen LogP) is 3.69. The summed E-state index contributed by atoms with van der Waals surface area (Å²) in [5, 5.41) is 7.23. The number of H-pyrrole nitrogens is 1. The second-order valence-corrected chi connectivity index (χ2v) is 6.51. The Morgan fingerprint density at radius 2 is 2.04 bits per heavy atom. The summed E-state index contributed by atoms with van der Waals surface area (Å²) in [5.41, 5.74) is 2.69. The van der Waals surface area contributed by atoms with Gasteiger partial charge in [-0.05, 0) is 42.5 Å². The van der Waals surface area contributed by atoms with Gasteiger partial charge in [0.1, 0.15) is 5.69 Å². The molecule has 0 saturated carbocycles. The van der Waals surface area contributed by atoms with Crippen molar-refractivity contribution in [2.24, 2.45) is 0 Å². The van der Waals surface area contributed by atoms with E-state index in [1.807, 2.05) is 23.1 Å². The van der Waals surface area contributed by atoms with Crippen LogP contribution in [-0.2, 0) is 0 Å². The molecular weight excluding hydrogens is 288 g/mol. The molecule has 1 fully saturated rings. The highest BCUT2D eigenvalue weighted by atomic mass is 16.2. The highest BCUT2D eigenvalue weighted by molar-refractivity contribution is 5.92. The van der Waals surface area contributed by atoms with Crippen molar-refractivity contribution in [2.45, 2.75) is 51.5 Å². The van der Waals surface area contributed by atoms with Gasteiger partial charge in [0, 0.05) is 24.6 Å². The summed E-state index contributed by atoms with van der Waals surface area (Å²) < 4.78 is 0. The molecule has 2 aromatic rings. The van der Waals surface area contributed by atoms with Crippen molar-refractivity contribution in [2.75, 3.05) is 6.54 Å². The Balaban J connectivity index is 1.88. The van der Waals surface area contributed by atoms with Gasteiger partial charge in [0.05, 0.1) is 6.04 Å². The maximum atomic E-state index is 13.0. The number of aromatic amines is 1. The average Bonchev–Trinajstić information content (AvgIpc) is 2.94. The molecule has 3 heterocycles. The van der Waals surface area contributed by atoms with Crippen molar-refractivity contribution >= 4 is 5.91 Å². The van der Waals surface area contributed by atoms with E-state index in [1.54, 1.807) is 12.4 Å². The fraction of sp³-hybridized carbons (Fsp3) is 0.500. The molecule has 1 aliphatic rings. The van der Waals surface area contributed by atoms with Crippen LogP contribution in [0.3, 0.4) is 0 Å². The first kappa shape index (κ1) is 15.7. The van der Waals surface area contributed by atoms with Crippen molar-refractivity contribution < 1.29 is 4.79 Å². The van der Waals surface area contributed by atoms with Gasteiger partial charge in [-0.15, -0.1) is 0 Å². The van der Waals surface area contributed by atoms with E-state index in [-0.39, 0.29) is 11.9 Å². The Kier molecular flexibility index (Phi) is 4.74. The van der Waals surface area contributed by atoms with E-state index < -0.39 is 0 Å². The molecule has 0 aliphatic carbocycles. The van der Waals surface area contributed by atoms with Crippen LogP contribution in [0.5, 0.6) is 0 Å². The van der Waals surface area contributed by atoms with E-state index in [1.165, 1.54) is 6.42 Å². The third kappa shape index (κ3) is 3.44. The van der Waals surface area contributed by atoms with E-state index in [0.29, 0.717) is 11.6 Å². The first-order valence-corrected chi connectivity index (χ1v) is 8.43. The average molecular weight is 312 g/mol.